The summed E-state index contributed by atoms with van der Waals surface area (Å²) in [6, 6.07) is 0.203. The van der Waals surface area contributed by atoms with Gasteiger partial charge in [0.05, 0.1) is 19.4 Å². The molecule has 1 unspecified atom stereocenters. The summed E-state index contributed by atoms with van der Waals surface area (Å²) in [7, 11) is 0. The number of amides is 2. The third-order valence-electron chi connectivity index (χ3n) is 4.56. The maximum absolute atomic E-state index is 12.6. The Kier molecular flexibility index (Phi) is 5.45. The predicted octanol–water partition coefficient (Wildman–Crippen LogP) is 1.02. The number of aryl methyl sites for hydroxylation is 1. The Morgan fingerprint density at radius 1 is 1.35 bits per heavy atom. The van der Waals surface area contributed by atoms with Crippen molar-refractivity contribution in [3.8, 4) is 0 Å². The summed E-state index contributed by atoms with van der Waals surface area (Å²) in [6.07, 6.45) is 5.07. The lowest BCUT2D eigenvalue weighted by Gasteiger charge is -2.39. The van der Waals surface area contributed by atoms with E-state index in [0.717, 1.165) is 58.8 Å². The van der Waals surface area contributed by atoms with E-state index in [1.165, 1.54) is 6.42 Å². The average molecular weight is 322 g/mol. The van der Waals surface area contributed by atoms with E-state index in [2.05, 4.69) is 20.5 Å². The van der Waals surface area contributed by atoms with Gasteiger partial charge in [-0.25, -0.2) is 4.79 Å². The molecular formula is C15H26N6O2. The van der Waals surface area contributed by atoms with Crippen LogP contribution >= 0.6 is 0 Å². The first-order valence-electron chi connectivity index (χ1n) is 8.54. The van der Waals surface area contributed by atoms with E-state index in [4.69, 9.17) is 4.74 Å². The molecule has 1 aromatic rings. The molecule has 128 valence electrons. The van der Waals surface area contributed by atoms with E-state index >= 15 is 0 Å². The normalized spacial score (nSPS) is 23.0. The summed E-state index contributed by atoms with van der Waals surface area (Å²) in [6.45, 7) is 7.96. The second-order valence-corrected chi connectivity index (χ2v) is 6.15. The number of anilines is 1. The standard InChI is InChI=1S/C15H26N6O2/c1-2-20-12-14(17-18-20)16-15(22)21-6-4-3-5-13(21)11-19-7-9-23-10-8-19/h12-13H,2-11H2,1H3,(H,16,22). The van der Waals surface area contributed by atoms with Crippen molar-refractivity contribution in [2.75, 3.05) is 44.7 Å². The molecule has 0 spiro atoms. The van der Waals surface area contributed by atoms with E-state index < -0.39 is 0 Å². The number of rotatable bonds is 4. The largest absolute Gasteiger partial charge is 0.379 e. The van der Waals surface area contributed by atoms with Gasteiger partial charge in [0.25, 0.3) is 0 Å². The number of piperidine rings is 1. The second kappa shape index (κ2) is 7.74. The number of likely N-dealkylation sites (tertiary alicyclic amines) is 1. The van der Waals surface area contributed by atoms with E-state index in [1.807, 2.05) is 11.8 Å². The lowest BCUT2D eigenvalue weighted by molar-refractivity contribution is 0.0229. The second-order valence-electron chi connectivity index (χ2n) is 6.15. The van der Waals surface area contributed by atoms with Crippen LogP contribution in [-0.4, -0.2) is 76.3 Å². The molecule has 0 aromatic carbocycles. The average Bonchev–Trinajstić information content (AvgIpc) is 3.04. The Hall–Kier alpha value is -1.67. The fourth-order valence-corrected chi connectivity index (χ4v) is 3.23. The first kappa shape index (κ1) is 16.2. The number of hydrogen-bond donors (Lipinski definition) is 1. The highest BCUT2D eigenvalue weighted by Gasteiger charge is 2.29. The number of aromatic nitrogens is 3. The van der Waals surface area contributed by atoms with Gasteiger partial charge in [-0.2, -0.15) is 0 Å². The highest BCUT2D eigenvalue weighted by atomic mass is 16.5. The number of nitrogens with zero attached hydrogens (tertiary/aromatic N) is 5. The molecule has 2 saturated heterocycles. The van der Waals surface area contributed by atoms with Crippen LogP contribution in [0.1, 0.15) is 26.2 Å². The molecule has 1 atom stereocenters. The minimum absolute atomic E-state index is 0.0638. The minimum atomic E-state index is -0.0638. The van der Waals surface area contributed by atoms with Crippen LogP contribution in [0.5, 0.6) is 0 Å². The van der Waals surface area contributed by atoms with Crippen molar-refractivity contribution in [2.24, 2.45) is 0 Å². The van der Waals surface area contributed by atoms with Gasteiger partial charge >= 0.3 is 6.03 Å². The molecular weight excluding hydrogens is 296 g/mol. The molecule has 1 N–H and O–H groups in total. The van der Waals surface area contributed by atoms with Crippen molar-refractivity contribution in [2.45, 2.75) is 38.8 Å². The van der Waals surface area contributed by atoms with E-state index in [1.54, 1.807) is 10.9 Å². The first-order chi connectivity index (χ1) is 11.3. The zero-order valence-electron chi connectivity index (χ0n) is 13.8. The highest BCUT2D eigenvalue weighted by molar-refractivity contribution is 5.88. The monoisotopic (exact) mass is 322 g/mol. The van der Waals surface area contributed by atoms with Crippen LogP contribution in [-0.2, 0) is 11.3 Å². The Bertz CT molecular complexity index is 514. The molecule has 2 aliphatic rings. The zero-order chi connectivity index (χ0) is 16.1. The van der Waals surface area contributed by atoms with Crippen molar-refractivity contribution in [1.29, 1.82) is 0 Å². The topological polar surface area (TPSA) is 75.5 Å². The lowest BCUT2D eigenvalue weighted by Crippen LogP contribution is -2.52. The summed E-state index contributed by atoms with van der Waals surface area (Å²) in [5.41, 5.74) is 0. The zero-order valence-corrected chi connectivity index (χ0v) is 13.8. The number of urea groups is 1. The number of carbonyl (C=O) groups excluding carboxylic acids is 1. The van der Waals surface area contributed by atoms with Gasteiger partial charge in [0.15, 0.2) is 5.82 Å². The van der Waals surface area contributed by atoms with Crippen molar-refractivity contribution in [3.63, 3.8) is 0 Å². The molecule has 0 aliphatic carbocycles. The first-order valence-corrected chi connectivity index (χ1v) is 8.54. The fourth-order valence-electron chi connectivity index (χ4n) is 3.23. The van der Waals surface area contributed by atoms with Gasteiger partial charge in [0, 0.05) is 38.8 Å². The van der Waals surface area contributed by atoms with Gasteiger partial charge in [-0.3, -0.25) is 14.9 Å². The highest BCUT2D eigenvalue weighted by Crippen LogP contribution is 2.19. The maximum atomic E-state index is 12.6. The molecule has 23 heavy (non-hydrogen) atoms. The van der Waals surface area contributed by atoms with Crippen molar-refractivity contribution >= 4 is 11.8 Å². The maximum Gasteiger partial charge on any atom is 0.323 e. The van der Waals surface area contributed by atoms with Crippen LogP contribution in [0, 0.1) is 0 Å². The minimum Gasteiger partial charge on any atom is -0.379 e. The Morgan fingerprint density at radius 3 is 2.91 bits per heavy atom. The predicted molar refractivity (Wildman–Crippen MR) is 86.3 cm³/mol. The van der Waals surface area contributed by atoms with Crippen LogP contribution in [0.4, 0.5) is 10.6 Å². The molecule has 0 bridgehead atoms. The molecule has 2 aliphatic heterocycles. The van der Waals surface area contributed by atoms with Gasteiger partial charge in [0.1, 0.15) is 0 Å². The van der Waals surface area contributed by atoms with Crippen LogP contribution in [0.25, 0.3) is 0 Å². The molecule has 1 aromatic heterocycles. The Labute approximate surface area is 136 Å². The third-order valence-corrected chi connectivity index (χ3v) is 4.56. The van der Waals surface area contributed by atoms with Gasteiger partial charge < -0.3 is 9.64 Å². The quantitative estimate of drug-likeness (QED) is 0.895. The molecule has 3 rings (SSSR count). The third kappa shape index (κ3) is 4.20. The molecule has 8 nitrogen and oxygen atoms in total. The van der Waals surface area contributed by atoms with E-state index in [9.17, 15) is 4.79 Å². The number of carbonyl (C=O) groups is 1. The van der Waals surface area contributed by atoms with Crippen molar-refractivity contribution < 1.29 is 9.53 Å². The number of nitrogens with one attached hydrogen (secondary N) is 1. The van der Waals surface area contributed by atoms with Crippen molar-refractivity contribution in [1.82, 2.24) is 24.8 Å². The molecule has 3 heterocycles. The fraction of sp³-hybridized carbons (Fsp3) is 0.800. The van der Waals surface area contributed by atoms with Crippen molar-refractivity contribution in [3.05, 3.63) is 6.20 Å². The number of hydrogen-bond acceptors (Lipinski definition) is 5. The lowest BCUT2D eigenvalue weighted by atomic mass is 10.0. The molecule has 8 heteroatoms. The van der Waals surface area contributed by atoms with Gasteiger partial charge in [-0.1, -0.05) is 5.21 Å². The van der Waals surface area contributed by atoms with Gasteiger partial charge in [-0.05, 0) is 26.2 Å². The summed E-state index contributed by atoms with van der Waals surface area (Å²) in [4.78, 5) is 17.0. The summed E-state index contributed by atoms with van der Waals surface area (Å²) in [5.74, 6) is 0.521. The van der Waals surface area contributed by atoms with Gasteiger partial charge in [-0.15, -0.1) is 5.10 Å². The van der Waals surface area contributed by atoms with Crippen LogP contribution in [0.2, 0.25) is 0 Å². The molecule has 0 saturated carbocycles. The SMILES string of the molecule is CCn1cc(NC(=O)N2CCCCC2CN2CCOCC2)nn1. The summed E-state index contributed by atoms with van der Waals surface area (Å²) in [5, 5.41) is 10.8. The van der Waals surface area contributed by atoms with Crippen LogP contribution in [0.15, 0.2) is 6.20 Å². The smallest absolute Gasteiger partial charge is 0.323 e. The summed E-state index contributed by atoms with van der Waals surface area (Å²) < 4.78 is 7.11. The van der Waals surface area contributed by atoms with Crippen LogP contribution in [0.3, 0.4) is 0 Å². The molecule has 2 amide bonds. The van der Waals surface area contributed by atoms with E-state index in [0.29, 0.717) is 5.82 Å². The van der Waals surface area contributed by atoms with Gasteiger partial charge in [0.2, 0.25) is 0 Å². The Balaban J connectivity index is 1.59. The molecule has 2 fully saturated rings. The van der Waals surface area contributed by atoms with E-state index in [-0.39, 0.29) is 12.1 Å². The summed E-state index contributed by atoms with van der Waals surface area (Å²) >= 11 is 0. The van der Waals surface area contributed by atoms with Crippen LogP contribution < -0.4 is 5.32 Å². The number of ether oxygens (including phenoxy) is 1. The number of morpholine rings is 1. The Morgan fingerprint density at radius 2 is 2.17 bits per heavy atom. The molecule has 0 radical (unpaired) electrons.